The molecule has 112 valence electrons. The second kappa shape index (κ2) is 7.17. The van der Waals surface area contributed by atoms with Gasteiger partial charge in [0.1, 0.15) is 5.84 Å². The highest BCUT2D eigenvalue weighted by Gasteiger charge is 2.03. The average Bonchev–Trinajstić information content (AvgIpc) is 2.68. The number of nitrogens with zero attached hydrogens (tertiary/aromatic N) is 3. The van der Waals surface area contributed by atoms with Crippen LogP contribution in [0.2, 0.25) is 0 Å². The molecule has 0 atom stereocenters. The number of guanidine groups is 1. The third kappa shape index (κ3) is 7.01. The number of nitrogens with two attached hydrogens (primary N) is 4. The molecule has 0 fully saturated rings. The molecule has 1 heterocycles. The fraction of sp³-hybridized carbons (Fsp3) is 0.444. The third-order valence-electron chi connectivity index (χ3n) is 2.12. The fourth-order valence-corrected chi connectivity index (χ4v) is 2.55. The van der Waals surface area contributed by atoms with E-state index in [1.807, 2.05) is 5.38 Å². The summed E-state index contributed by atoms with van der Waals surface area (Å²) >= 11 is 1.35. The number of thiazole rings is 1. The lowest BCUT2D eigenvalue weighted by Gasteiger charge is -1.99. The standard InChI is InChI=1S/C9H17N7O2S2/c10-7(16-20(13,17)18)4-2-1-3-6-5-19-9(14-6)15-8(11)12/h5H,1-4H2,(H2,10,16)(H2,13,17,18)(H4,11,12,14,15). The van der Waals surface area contributed by atoms with Crippen molar-refractivity contribution in [3.8, 4) is 0 Å². The lowest BCUT2D eigenvalue weighted by Crippen LogP contribution is -2.21. The van der Waals surface area contributed by atoms with E-state index in [0.717, 1.165) is 18.5 Å². The molecular formula is C9H17N7O2S2. The van der Waals surface area contributed by atoms with Crippen LogP contribution in [0.15, 0.2) is 14.8 Å². The molecule has 0 spiro atoms. The van der Waals surface area contributed by atoms with Crippen LogP contribution in [0.5, 0.6) is 0 Å². The molecule has 0 bridgehead atoms. The average molecular weight is 319 g/mol. The van der Waals surface area contributed by atoms with Crippen molar-refractivity contribution in [3.05, 3.63) is 11.1 Å². The molecule has 0 aliphatic carbocycles. The van der Waals surface area contributed by atoms with E-state index in [0.29, 0.717) is 18.0 Å². The third-order valence-corrected chi connectivity index (χ3v) is 3.40. The molecule has 9 nitrogen and oxygen atoms in total. The Labute approximate surface area is 121 Å². The summed E-state index contributed by atoms with van der Waals surface area (Å²) in [5, 5.41) is 7.11. The number of amidine groups is 1. The maximum atomic E-state index is 10.7. The van der Waals surface area contributed by atoms with E-state index >= 15 is 0 Å². The first kappa shape index (κ1) is 16.3. The molecule has 1 aromatic heterocycles. The molecule has 0 unspecified atom stereocenters. The fourth-order valence-electron chi connectivity index (χ4n) is 1.39. The predicted octanol–water partition coefficient (Wildman–Crippen LogP) is -0.678. The number of hydrogen-bond acceptors (Lipinski definition) is 5. The molecule has 0 aliphatic rings. The van der Waals surface area contributed by atoms with Crippen LogP contribution in [0.25, 0.3) is 0 Å². The maximum absolute atomic E-state index is 10.7. The van der Waals surface area contributed by atoms with Crippen molar-refractivity contribution in [1.82, 2.24) is 4.98 Å². The van der Waals surface area contributed by atoms with Crippen LogP contribution in [0.1, 0.15) is 25.0 Å². The summed E-state index contributed by atoms with van der Waals surface area (Å²) in [5.74, 6) is -0.0233. The Morgan fingerprint density at radius 2 is 2.00 bits per heavy atom. The summed E-state index contributed by atoms with van der Waals surface area (Å²) in [6.45, 7) is 0. The number of unbranched alkanes of at least 4 members (excludes halogenated alkanes) is 1. The molecule has 0 saturated carbocycles. The lowest BCUT2D eigenvalue weighted by molar-refractivity contribution is 0.599. The summed E-state index contributed by atoms with van der Waals surface area (Å²) < 4.78 is 24.5. The zero-order chi connectivity index (χ0) is 15.2. The molecule has 1 aromatic rings. The van der Waals surface area contributed by atoms with E-state index in [1.165, 1.54) is 11.3 Å². The highest BCUT2D eigenvalue weighted by molar-refractivity contribution is 7.88. The number of aliphatic imine (C=N–C) groups is 1. The second-order valence-electron chi connectivity index (χ2n) is 3.96. The van der Waals surface area contributed by atoms with Gasteiger partial charge in [0.2, 0.25) is 5.13 Å². The van der Waals surface area contributed by atoms with Crippen LogP contribution in [-0.4, -0.2) is 25.2 Å². The van der Waals surface area contributed by atoms with Gasteiger partial charge in [-0.3, -0.25) is 0 Å². The monoisotopic (exact) mass is 319 g/mol. The highest BCUT2D eigenvalue weighted by Crippen LogP contribution is 2.19. The molecule has 1 rings (SSSR count). The van der Waals surface area contributed by atoms with E-state index in [1.54, 1.807) is 0 Å². The number of aryl methyl sites for hydroxylation is 1. The minimum atomic E-state index is -3.91. The minimum Gasteiger partial charge on any atom is -0.386 e. The summed E-state index contributed by atoms with van der Waals surface area (Å²) in [6, 6.07) is 0. The Morgan fingerprint density at radius 3 is 2.60 bits per heavy atom. The van der Waals surface area contributed by atoms with Gasteiger partial charge in [-0.25, -0.2) is 10.1 Å². The van der Waals surface area contributed by atoms with E-state index in [-0.39, 0.29) is 11.8 Å². The van der Waals surface area contributed by atoms with Crippen LogP contribution < -0.4 is 22.3 Å². The van der Waals surface area contributed by atoms with Gasteiger partial charge in [0.05, 0.1) is 5.69 Å². The zero-order valence-corrected chi connectivity index (χ0v) is 12.3. The topological polar surface area (TPSA) is 176 Å². The van der Waals surface area contributed by atoms with E-state index in [2.05, 4.69) is 14.4 Å². The second-order valence-corrected chi connectivity index (χ2v) is 6.01. The molecule has 0 aromatic carbocycles. The van der Waals surface area contributed by atoms with Gasteiger partial charge in [-0.15, -0.1) is 15.7 Å². The molecule has 0 aliphatic heterocycles. The van der Waals surface area contributed by atoms with Crippen LogP contribution in [-0.2, 0) is 16.6 Å². The van der Waals surface area contributed by atoms with Crippen molar-refractivity contribution < 1.29 is 8.42 Å². The van der Waals surface area contributed by atoms with Crippen LogP contribution in [0.4, 0.5) is 5.13 Å². The summed E-state index contributed by atoms with van der Waals surface area (Å²) in [5.41, 5.74) is 16.8. The normalized spacial score (nSPS) is 12.3. The van der Waals surface area contributed by atoms with Gasteiger partial charge in [0.25, 0.3) is 0 Å². The molecule has 0 saturated heterocycles. The van der Waals surface area contributed by atoms with Crippen molar-refractivity contribution in [2.24, 2.45) is 31.7 Å². The first-order valence-corrected chi connectivity index (χ1v) is 8.05. The molecule has 20 heavy (non-hydrogen) atoms. The Balaban J connectivity index is 2.37. The van der Waals surface area contributed by atoms with Crippen LogP contribution >= 0.6 is 11.3 Å². The minimum absolute atomic E-state index is 0.00646. The van der Waals surface area contributed by atoms with Gasteiger partial charge in [0, 0.05) is 11.8 Å². The molecule has 8 N–H and O–H groups in total. The summed E-state index contributed by atoms with van der Waals surface area (Å²) in [7, 11) is -3.91. The van der Waals surface area contributed by atoms with Crippen molar-refractivity contribution in [2.45, 2.75) is 25.7 Å². The first-order chi connectivity index (χ1) is 9.26. The van der Waals surface area contributed by atoms with Crippen molar-refractivity contribution in [3.63, 3.8) is 0 Å². The van der Waals surface area contributed by atoms with Crippen molar-refractivity contribution in [1.29, 1.82) is 0 Å². The van der Waals surface area contributed by atoms with Crippen molar-refractivity contribution >= 4 is 38.5 Å². The Kier molecular flexibility index (Phi) is 5.85. The molecule has 0 radical (unpaired) electrons. The molecule has 0 amide bonds. The van der Waals surface area contributed by atoms with Gasteiger partial charge in [-0.2, -0.15) is 13.4 Å². The predicted molar refractivity (Wildman–Crippen MR) is 79.9 cm³/mol. The largest absolute Gasteiger partial charge is 0.386 e. The highest BCUT2D eigenvalue weighted by atomic mass is 32.2. The lowest BCUT2D eigenvalue weighted by atomic mass is 10.1. The zero-order valence-electron chi connectivity index (χ0n) is 10.7. The Bertz CT molecular complexity index is 602. The molecular weight excluding hydrogens is 302 g/mol. The quantitative estimate of drug-likeness (QED) is 0.294. The Morgan fingerprint density at radius 1 is 1.30 bits per heavy atom. The summed E-state index contributed by atoms with van der Waals surface area (Å²) in [4.78, 5) is 8.06. The van der Waals surface area contributed by atoms with Gasteiger partial charge in [-0.1, -0.05) is 0 Å². The molecule has 11 heteroatoms. The van der Waals surface area contributed by atoms with E-state index < -0.39 is 10.2 Å². The first-order valence-electron chi connectivity index (χ1n) is 5.67. The van der Waals surface area contributed by atoms with Crippen LogP contribution in [0, 0.1) is 0 Å². The Hall–Kier alpha value is -1.72. The number of rotatable bonds is 7. The van der Waals surface area contributed by atoms with Gasteiger partial charge < -0.3 is 17.2 Å². The van der Waals surface area contributed by atoms with Gasteiger partial charge >= 0.3 is 10.2 Å². The van der Waals surface area contributed by atoms with E-state index in [4.69, 9.17) is 22.3 Å². The SMILES string of the molecule is NC(N)=Nc1nc(CCCC/C(N)=N\S(N)(=O)=O)cs1. The van der Waals surface area contributed by atoms with Crippen LogP contribution in [0.3, 0.4) is 0 Å². The number of aromatic nitrogens is 1. The smallest absolute Gasteiger partial charge is 0.318 e. The van der Waals surface area contributed by atoms with Gasteiger partial charge in [-0.05, 0) is 19.3 Å². The summed E-state index contributed by atoms with van der Waals surface area (Å²) in [6.07, 6.45) is 2.55. The van der Waals surface area contributed by atoms with Gasteiger partial charge in [0.15, 0.2) is 5.96 Å². The number of hydrogen-bond donors (Lipinski definition) is 4. The van der Waals surface area contributed by atoms with E-state index in [9.17, 15) is 8.42 Å². The maximum Gasteiger partial charge on any atom is 0.318 e. The van der Waals surface area contributed by atoms with Crippen molar-refractivity contribution in [2.75, 3.05) is 0 Å².